The lowest BCUT2D eigenvalue weighted by atomic mass is 10.0. The summed E-state index contributed by atoms with van der Waals surface area (Å²) in [7, 11) is 1.65. The number of carbonyl (C=O) groups excluding carboxylic acids is 1. The molecular formula is C16H16INO3. The van der Waals surface area contributed by atoms with Crippen molar-refractivity contribution in [2.24, 2.45) is 0 Å². The first-order valence-corrected chi connectivity index (χ1v) is 7.53. The number of hydrogen-bond donors (Lipinski definition) is 2. The Balaban J connectivity index is 2.31. The highest BCUT2D eigenvalue weighted by molar-refractivity contribution is 14.1. The van der Waals surface area contributed by atoms with E-state index in [4.69, 9.17) is 0 Å². The number of aromatic hydroxyl groups is 2. The summed E-state index contributed by atoms with van der Waals surface area (Å²) in [6.45, 7) is 1.83. The van der Waals surface area contributed by atoms with Crippen molar-refractivity contribution in [3.05, 3.63) is 57.2 Å². The topological polar surface area (TPSA) is 60.8 Å². The highest BCUT2D eigenvalue weighted by Crippen LogP contribution is 2.29. The van der Waals surface area contributed by atoms with Gasteiger partial charge in [0.2, 0.25) is 0 Å². The SMILES string of the molecule is CC(c1ccccc1O)N(C)C(=O)c1cc(I)ccc1O. The van der Waals surface area contributed by atoms with E-state index in [0.717, 1.165) is 3.57 Å². The van der Waals surface area contributed by atoms with Crippen molar-refractivity contribution >= 4 is 28.5 Å². The number of carbonyl (C=O) groups is 1. The summed E-state index contributed by atoms with van der Waals surface area (Å²) in [6.07, 6.45) is 0. The molecule has 2 aromatic carbocycles. The highest BCUT2D eigenvalue weighted by Gasteiger charge is 2.23. The molecule has 0 aliphatic heterocycles. The van der Waals surface area contributed by atoms with Crippen LogP contribution in [0.25, 0.3) is 0 Å². The van der Waals surface area contributed by atoms with Gasteiger partial charge in [-0.2, -0.15) is 0 Å². The van der Waals surface area contributed by atoms with Crippen molar-refractivity contribution in [2.75, 3.05) is 7.05 Å². The van der Waals surface area contributed by atoms with E-state index in [0.29, 0.717) is 5.56 Å². The molecule has 0 heterocycles. The van der Waals surface area contributed by atoms with Crippen molar-refractivity contribution in [3.63, 3.8) is 0 Å². The standard InChI is InChI=1S/C16H16INO3/c1-10(12-5-3-4-6-14(12)19)18(2)16(21)13-9-11(17)7-8-15(13)20/h3-10,19-20H,1-2H3. The number of hydrogen-bond acceptors (Lipinski definition) is 3. The van der Waals surface area contributed by atoms with E-state index in [-0.39, 0.29) is 29.0 Å². The molecule has 110 valence electrons. The van der Waals surface area contributed by atoms with Crippen LogP contribution in [0, 0.1) is 3.57 Å². The number of benzene rings is 2. The average molecular weight is 397 g/mol. The van der Waals surface area contributed by atoms with Crippen LogP contribution in [0.4, 0.5) is 0 Å². The molecule has 0 saturated heterocycles. The molecule has 1 unspecified atom stereocenters. The second-order valence-corrected chi connectivity index (χ2v) is 6.06. The molecule has 1 atom stereocenters. The second kappa shape index (κ2) is 6.34. The lowest BCUT2D eigenvalue weighted by Gasteiger charge is -2.26. The van der Waals surface area contributed by atoms with Crippen LogP contribution in [0.3, 0.4) is 0 Å². The van der Waals surface area contributed by atoms with E-state index < -0.39 is 0 Å². The van der Waals surface area contributed by atoms with Crippen LogP contribution < -0.4 is 0 Å². The van der Waals surface area contributed by atoms with Gasteiger partial charge in [0.05, 0.1) is 11.6 Å². The Kier molecular flexibility index (Phi) is 4.72. The summed E-state index contributed by atoms with van der Waals surface area (Å²) in [4.78, 5) is 14.0. The molecule has 0 aliphatic carbocycles. The van der Waals surface area contributed by atoms with Crippen molar-refractivity contribution in [2.45, 2.75) is 13.0 Å². The highest BCUT2D eigenvalue weighted by atomic mass is 127. The molecule has 1 amide bonds. The van der Waals surface area contributed by atoms with Gasteiger partial charge in [-0.25, -0.2) is 0 Å². The number of phenols is 2. The third-order valence-corrected chi connectivity index (χ3v) is 4.15. The smallest absolute Gasteiger partial charge is 0.257 e. The Bertz CT molecular complexity index is 672. The summed E-state index contributed by atoms with van der Waals surface area (Å²) in [5, 5.41) is 19.8. The summed E-state index contributed by atoms with van der Waals surface area (Å²) in [6, 6.07) is 11.5. The summed E-state index contributed by atoms with van der Waals surface area (Å²) in [5.41, 5.74) is 0.921. The fraction of sp³-hybridized carbons (Fsp3) is 0.188. The molecule has 2 rings (SSSR count). The third-order valence-electron chi connectivity index (χ3n) is 3.48. The Hall–Kier alpha value is -1.76. The number of phenolic OH excluding ortho intramolecular Hbond substituents is 2. The van der Waals surface area contributed by atoms with Crippen molar-refractivity contribution < 1.29 is 15.0 Å². The first kappa shape index (κ1) is 15.6. The molecule has 0 aliphatic rings. The van der Waals surface area contributed by atoms with Gasteiger partial charge in [-0.3, -0.25) is 4.79 Å². The van der Waals surface area contributed by atoms with Crippen LogP contribution in [0.5, 0.6) is 11.5 Å². The van der Waals surface area contributed by atoms with E-state index in [1.807, 2.05) is 13.0 Å². The number of para-hydroxylation sites is 1. The Morgan fingerprint density at radius 3 is 2.48 bits per heavy atom. The number of nitrogens with zero attached hydrogens (tertiary/aromatic N) is 1. The quantitative estimate of drug-likeness (QED) is 0.780. The average Bonchev–Trinajstić information content (AvgIpc) is 2.48. The van der Waals surface area contributed by atoms with E-state index in [1.165, 1.54) is 11.0 Å². The van der Waals surface area contributed by atoms with Crippen molar-refractivity contribution in [1.82, 2.24) is 4.90 Å². The maximum atomic E-state index is 12.5. The molecular weight excluding hydrogens is 381 g/mol. The third kappa shape index (κ3) is 3.29. The fourth-order valence-electron chi connectivity index (χ4n) is 2.09. The monoisotopic (exact) mass is 397 g/mol. The molecule has 21 heavy (non-hydrogen) atoms. The Morgan fingerprint density at radius 2 is 1.81 bits per heavy atom. The number of amides is 1. The summed E-state index contributed by atoms with van der Waals surface area (Å²) < 4.78 is 0.873. The number of halogens is 1. The minimum Gasteiger partial charge on any atom is -0.508 e. The lowest BCUT2D eigenvalue weighted by molar-refractivity contribution is 0.0738. The molecule has 2 aromatic rings. The minimum atomic E-state index is -0.309. The molecule has 0 bridgehead atoms. The predicted octanol–water partition coefficient (Wildman–Crippen LogP) is 3.54. The van der Waals surface area contributed by atoms with Gasteiger partial charge in [-0.1, -0.05) is 18.2 Å². The summed E-state index contributed by atoms with van der Waals surface area (Å²) in [5.74, 6) is -0.185. The first-order valence-electron chi connectivity index (χ1n) is 6.45. The maximum absolute atomic E-state index is 12.5. The van der Waals surface area contributed by atoms with Gasteiger partial charge in [0, 0.05) is 16.2 Å². The molecule has 0 saturated carbocycles. The minimum absolute atomic E-state index is 0.0447. The Morgan fingerprint density at radius 1 is 1.14 bits per heavy atom. The zero-order chi connectivity index (χ0) is 15.6. The molecule has 0 aromatic heterocycles. The van der Waals surface area contributed by atoms with Crippen LogP contribution in [0.1, 0.15) is 28.9 Å². The molecule has 5 heteroatoms. The molecule has 0 spiro atoms. The molecule has 4 nitrogen and oxygen atoms in total. The predicted molar refractivity (Wildman–Crippen MR) is 89.4 cm³/mol. The lowest BCUT2D eigenvalue weighted by Crippen LogP contribution is -2.29. The molecule has 2 N–H and O–H groups in total. The van der Waals surface area contributed by atoms with Gasteiger partial charge in [0.15, 0.2) is 0 Å². The van der Waals surface area contributed by atoms with Crippen LogP contribution in [0.2, 0.25) is 0 Å². The second-order valence-electron chi connectivity index (χ2n) is 4.81. The van der Waals surface area contributed by atoms with Crippen LogP contribution in [-0.4, -0.2) is 28.1 Å². The number of rotatable bonds is 3. The van der Waals surface area contributed by atoms with E-state index in [9.17, 15) is 15.0 Å². The fourth-order valence-corrected chi connectivity index (χ4v) is 2.59. The van der Waals surface area contributed by atoms with Crippen LogP contribution in [0.15, 0.2) is 42.5 Å². The van der Waals surface area contributed by atoms with Gasteiger partial charge >= 0.3 is 0 Å². The van der Waals surface area contributed by atoms with E-state index in [2.05, 4.69) is 22.6 Å². The largest absolute Gasteiger partial charge is 0.508 e. The molecule has 0 radical (unpaired) electrons. The van der Waals surface area contributed by atoms with Crippen LogP contribution in [-0.2, 0) is 0 Å². The normalized spacial score (nSPS) is 12.0. The van der Waals surface area contributed by atoms with Gasteiger partial charge in [0.1, 0.15) is 11.5 Å². The van der Waals surface area contributed by atoms with Gasteiger partial charge < -0.3 is 15.1 Å². The van der Waals surface area contributed by atoms with Gasteiger partial charge in [-0.15, -0.1) is 0 Å². The molecule has 0 fully saturated rings. The zero-order valence-electron chi connectivity index (χ0n) is 11.7. The van der Waals surface area contributed by atoms with Crippen molar-refractivity contribution in [3.8, 4) is 11.5 Å². The van der Waals surface area contributed by atoms with E-state index >= 15 is 0 Å². The maximum Gasteiger partial charge on any atom is 0.257 e. The van der Waals surface area contributed by atoms with Crippen molar-refractivity contribution in [1.29, 1.82) is 0 Å². The summed E-state index contributed by atoms with van der Waals surface area (Å²) >= 11 is 2.09. The zero-order valence-corrected chi connectivity index (χ0v) is 13.9. The first-order chi connectivity index (χ1) is 9.91. The van der Waals surface area contributed by atoms with E-state index in [1.54, 1.807) is 37.4 Å². The van der Waals surface area contributed by atoms with Gasteiger partial charge in [0.25, 0.3) is 5.91 Å². The van der Waals surface area contributed by atoms with Gasteiger partial charge in [-0.05, 0) is 53.8 Å². The Labute approximate surface area is 137 Å². The van der Waals surface area contributed by atoms with Crippen LogP contribution >= 0.6 is 22.6 Å².